The minimum Gasteiger partial charge on any atom is -0.322 e. The van der Waals surface area contributed by atoms with Gasteiger partial charge in [0.15, 0.2) is 0 Å². The number of carbonyl (C=O) groups is 1. The van der Waals surface area contributed by atoms with Crippen LogP contribution < -0.4 is 5.32 Å². The number of sulfonamides is 1. The van der Waals surface area contributed by atoms with Crippen molar-refractivity contribution in [2.75, 3.05) is 18.1 Å². The van der Waals surface area contributed by atoms with Gasteiger partial charge in [-0.1, -0.05) is 57.3 Å². The van der Waals surface area contributed by atoms with Crippen molar-refractivity contribution in [1.29, 1.82) is 0 Å². The van der Waals surface area contributed by atoms with Crippen LogP contribution in [0.25, 0.3) is 0 Å². The molecule has 0 heterocycles. The summed E-state index contributed by atoms with van der Waals surface area (Å²) < 4.78 is 26.0. The highest BCUT2D eigenvalue weighted by molar-refractivity contribution is 9.10. The molecule has 5 nitrogen and oxygen atoms in total. The fourth-order valence-electron chi connectivity index (χ4n) is 2.04. The van der Waals surface area contributed by atoms with Crippen molar-refractivity contribution >= 4 is 60.7 Å². The summed E-state index contributed by atoms with van der Waals surface area (Å²) in [4.78, 5) is 12.3. The Labute approximate surface area is 165 Å². The Morgan fingerprint density at radius 1 is 1.12 bits per heavy atom. The molecule has 0 radical (unpaired) electrons. The minimum absolute atomic E-state index is 0.0792. The number of nitrogens with one attached hydrogen (secondary N) is 1. The lowest BCUT2D eigenvalue weighted by molar-refractivity contribution is -0.116. The monoisotopic (exact) mass is 464 g/mol. The molecule has 2 aromatic rings. The highest BCUT2D eigenvalue weighted by Crippen LogP contribution is 2.29. The zero-order valence-electron chi connectivity index (χ0n) is 13.2. The molecular formula is C16H15BrCl2N2O3S. The summed E-state index contributed by atoms with van der Waals surface area (Å²) in [5.41, 5.74) is 1.02. The maximum Gasteiger partial charge on any atom is 0.239 e. The van der Waals surface area contributed by atoms with Crippen LogP contribution in [0.15, 0.2) is 46.9 Å². The van der Waals surface area contributed by atoms with Gasteiger partial charge in [0.1, 0.15) is 0 Å². The molecule has 134 valence electrons. The van der Waals surface area contributed by atoms with Crippen LogP contribution in [0.3, 0.4) is 0 Å². The standard InChI is InChI=1S/C16H15BrCl2N2O3S/c1-25(23,24)21(9-11-5-7-12(17)8-6-11)10-15(22)20-16-13(18)3-2-4-14(16)19/h2-8H,9-10H2,1H3,(H,20,22). The lowest BCUT2D eigenvalue weighted by atomic mass is 10.2. The zero-order valence-corrected chi connectivity index (χ0v) is 17.1. The number of halogens is 3. The first kappa shape index (κ1) is 20.2. The molecule has 0 spiro atoms. The van der Waals surface area contributed by atoms with Crippen LogP contribution in [0.1, 0.15) is 5.56 Å². The predicted molar refractivity (Wildman–Crippen MR) is 104 cm³/mol. The van der Waals surface area contributed by atoms with Gasteiger partial charge in [-0.2, -0.15) is 4.31 Å². The van der Waals surface area contributed by atoms with E-state index in [2.05, 4.69) is 21.2 Å². The molecule has 0 atom stereocenters. The first-order valence-corrected chi connectivity index (χ1v) is 10.5. The molecule has 1 amide bonds. The Morgan fingerprint density at radius 3 is 2.20 bits per heavy atom. The van der Waals surface area contributed by atoms with Crippen LogP contribution in [0.4, 0.5) is 5.69 Å². The van der Waals surface area contributed by atoms with Crippen molar-refractivity contribution in [2.24, 2.45) is 0 Å². The molecule has 0 unspecified atom stereocenters. The Bertz CT molecular complexity index is 853. The van der Waals surface area contributed by atoms with E-state index in [9.17, 15) is 13.2 Å². The van der Waals surface area contributed by atoms with E-state index in [1.807, 2.05) is 0 Å². The second kappa shape index (κ2) is 8.51. The zero-order chi connectivity index (χ0) is 18.6. The summed E-state index contributed by atoms with van der Waals surface area (Å²) >= 11 is 15.3. The van der Waals surface area contributed by atoms with E-state index in [-0.39, 0.29) is 28.8 Å². The molecule has 1 N–H and O–H groups in total. The Balaban J connectivity index is 2.14. The highest BCUT2D eigenvalue weighted by Gasteiger charge is 2.21. The second-order valence-electron chi connectivity index (χ2n) is 5.30. The van der Waals surface area contributed by atoms with Gasteiger partial charge in [-0.25, -0.2) is 8.42 Å². The number of anilines is 1. The quantitative estimate of drug-likeness (QED) is 0.696. The molecule has 2 rings (SSSR count). The van der Waals surface area contributed by atoms with Gasteiger partial charge in [0, 0.05) is 11.0 Å². The predicted octanol–water partition coefficient (Wildman–Crippen LogP) is 4.16. The molecule has 0 aliphatic carbocycles. The number of amides is 1. The molecule has 0 aliphatic heterocycles. The van der Waals surface area contributed by atoms with Crippen molar-refractivity contribution in [2.45, 2.75) is 6.54 Å². The summed E-state index contributed by atoms with van der Waals surface area (Å²) in [7, 11) is -3.59. The molecule has 0 fully saturated rings. The van der Waals surface area contributed by atoms with Gasteiger partial charge < -0.3 is 5.32 Å². The van der Waals surface area contributed by atoms with E-state index in [1.165, 1.54) is 0 Å². The SMILES string of the molecule is CS(=O)(=O)N(CC(=O)Nc1c(Cl)cccc1Cl)Cc1ccc(Br)cc1. The normalized spacial score (nSPS) is 11.6. The Hall–Kier alpha value is -1.12. The number of hydrogen-bond donors (Lipinski definition) is 1. The van der Waals surface area contributed by atoms with E-state index in [0.717, 1.165) is 20.6 Å². The number of nitrogens with zero attached hydrogens (tertiary/aromatic N) is 1. The molecule has 0 saturated heterocycles. The van der Waals surface area contributed by atoms with Crippen LogP contribution in [0, 0.1) is 0 Å². The van der Waals surface area contributed by atoms with Crippen molar-refractivity contribution in [3.63, 3.8) is 0 Å². The fraction of sp³-hybridized carbons (Fsp3) is 0.188. The van der Waals surface area contributed by atoms with Crippen LogP contribution in [0.2, 0.25) is 10.0 Å². The van der Waals surface area contributed by atoms with Gasteiger partial charge in [-0.15, -0.1) is 0 Å². The van der Waals surface area contributed by atoms with Crippen molar-refractivity contribution in [1.82, 2.24) is 4.31 Å². The van der Waals surface area contributed by atoms with Crippen molar-refractivity contribution in [3.05, 3.63) is 62.5 Å². The van der Waals surface area contributed by atoms with Crippen molar-refractivity contribution < 1.29 is 13.2 Å². The van der Waals surface area contributed by atoms with E-state index in [0.29, 0.717) is 0 Å². The minimum atomic E-state index is -3.59. The molecule has 0 bridgehead atoms. The molecule has 0 aliphatic rings. The lowest BCUT2D eigenvalue weighted by Gasteiger charge is -2.20. The summed E-state index contributed by atoms with van der Waals surface area (Å²) in [5, 5.41) is 3.11. The highest BCUT2D eigenvalue weighted by atomic mass is 79.9. The fourth-order valence-corrected chi connectivity index (χ4v) is 3.53. The van der Waals surface area contributed by atoms with Gasteiger partial charge in [0.2, 0.25) is 15.9 Å². The lowest BCUT2D eigenvalue weighted by Crippen LogP contribution is -2.37. The molecule has 0 aromatic heterocycles. The number of para-hydroxylation sites is 1. The molecule has 0 saturated carbocycles. The number of benzene rings is 2. The third kappa shape index (κ3) is 5.97. The maximum absolute atomic E-state index is 12.3. The Morgan fingerprint density at radius 2 is 1.68 bits per heavy atom. The molecule has 9 heteroatoms. The van der Waals surface area contributed by atoms with Crippen LogP contribution in [-0.2, 0) is 21.4 Å². The van der Waals surface area contributed by atoms with Gasteiger partial charge in [0.25, 0.3) is 0 Å². The van der Waals surface area contributed by atoms with E-state index < -0.39 is 15.9 Å². The average molecular weight is 466 g/mol. The van der Waals surface area contributed by atoms with Crippen LogP contribution >= 0.6 is 39.1 Å². The molecule has 2 aromatic carbocycles. The van der Waals surface area contributed by atoms with Gasteiger partial charge in [-0.3, -0.25) is 4.79 Å². The van der Waals surface area contributed by atoms with Gasteiger partial charge >= 0.3 is 0 Å². The number of rotatable bonds is 6. The summed E-state index contributed by atoms with van der Waals surface area (Å²) in [6.45, 7) is -0.272. The van der Waals surface area contributed by atoms with E-state index in [4.69, 9.17) is 23.2 Å². The smallest absolute Gasteiger partial charge is 0.239 e. The van der Waals surface area contributed by atoms with Crippen LogP contribution in [0.5, 0.6) is 0 Å². The van der Waals surface area contributed by atoms with E-state index >= 15 is 0 Å². The molecular weight excluding hydrogens is 451 g/mol. The van der Waals surface area contributed by atoms with Gasteiger partial charge in [-0.05, 0) is 29.8 Å². The first-order chi connectivity index (χ1) is 11.7. The number of hydrogen-bond acceptors (Lipinski definition) is 3. The maximum atomic E-state index is 12.3. The first-order valence-electron chi connectivity index (χ1n) is 7.10. The summed E-state index contributed by atoms with van der Waals surface area (Å²) in [6.07, 6.45) is 1.06. The largest absolute Gasteiger partial charge is 0.322 e. The van der Waals surface area contributed by atoms with Gasteiger partial charge in [0.05, 0.1) is 28.5 Å². The third-order valence-electron chi connectivity index (χ3n) is 3.29. The number of carbonyl (C=O) groups excluding carboxylic acids is 1. The summed E-state index contributed by atoms with van der Waals surface area (Å²) in [6, 6.07) is 12.0. The Kier molecular flexibility index (Phi) is 6.87. The summed E-state index contributed by atoms with van der Waals surface area (Å²) in [5.74, 6) is -0.530. The average Bonchev–Trinajstić information content (AvgIpc) is 2.51. The third-order valence-corrected chi connectivity index (χ3v) is 5.64. The topological polar surface area (TPSA) is 66.5 Å². The van der Waals surface area contributed by atoms with Crippen LogP contribution in [-0.4, -0.2) is 31.4 Å². The van der Waals surface area contributed by atoms with Crippen molar-refractivity contribution in [3.8, 4) is 0 Å². The van der Waals surface area contributed by atoms with E-state index in [1.54, 1.807) is 42.5 Å². The second-order valence-corrected chi connectivity index (χ2v) is 9.01. The molecule has 25 heavy (non-hydrogen) atoms.